The number of hydrogen-bond acceptors (Lipinski definition) is 24. The van der Waals surface area contributed by atoms with Crippen LogP contribution in [0.15, 0.2) is 101 Å². The van der Waals surface area contributed by atoms with Gasteiger partial charge in [-0.2, -0.15) is 0 Å². The molecule has 0 bridgehead atoms. The SMILES string of the molecule is Cl.NC(N)=NCCCN(CCCCCCCC(=O)O[C@H]1[C@H](OC(=O)CCCCCCCN(CCCN=C(N)N)CCCN=C(N)N)[C@@H](OC(=O)CCCCCCCN(CCCN=C(N)N)CCCN=C(N)N)[C@H](OC(=O)c2ccccc2)[C@@H](OC(=O)c2ccccc2)[C@@H]1OC(=O)CCCCCCCN(CCCN=C(N)N)CCCN=C(N)N)CCCN=C(N)N. The van der Waals surface area contributed by atoms with Gasteiger partial charge in [0.15, 0.2) is 84.3 Å². The van der Waals surface area contributed by atoms with Crippen molar-refractivity contribution >= 4 is 95.9 Å². The van der Waals surface area contributed by atoms with Gasteiger partial charge in [-0.15, -0.1) is 12.4 Å². The zero-order valence-corrected chi connectivity index (χ0v) is 74.7. The van der Waals surface area contributed by atoms with Gasteiger partial charge in [-0.05, 0) is 206 Å². The summed E-state index contributed by atoms with van der Waals surface area (Å²) < 4.78 is 39.1. The first-order chi connectivity index (χ1) is 59.7. The van der Waals surface area contributed by atoms with Gasteiger partial charge in [0.05, 0.1) is 11.1 Å². The van der Waals surface area contributed by atoms with Crippen molar-refractivity contribution in [2.45, 2.75) is 242 Å². The summed E-state index contributed by atoms with van der Waals surface area (Å²) >= 11 is 0. The molecule has 0 spiro atoms. The van der Waals surface area contributed by atoms with Gasteiger partial charge in [-0.1, -0.05) is 113 Å². The average Bonchev–Trinajstić information content (AvgIpc) is 0.753. The molecule has 0 radical (unpaired) electrons. The quantitative estimate of drug-likeness (QED) is 0.0149. The van der Waals surface area contributed by atoms with Crippen molar-refractivity contribution in [2.75, 3.05) is 131 Å². The van der Waals surface area contributed by atoms with Crippen LogP contribution in [-0.4, -0.2) is 271 Å². The van der Waals surface area contributed by atoms with E-state index in [0.717, 1.165) is 207 Å². The van der Waals surface area contributed by atoms with E-state index in [0.29, 0.717) is 104 Å². The molecule has 0 aromatic heterocycles. The number of nitrogens with two attached hydrogens (primary N) is 16. The van der Waals surface area contributed by atoms with Crippen LogP contribution in [0.2, 0.25) is 0 Å². The fourth-order valence-electron chi connectivity index (χ4n) is 14.2. The average molecular weight is 1780 g/mol. The number of guanidine groups is 8. The Morgan fingerprint density at radius 2 is 0.368 bits per heavy atom. The number of carbonyl (C=O) groups excluding carboxylic acids is 6. The molecule has 0 saturated heterocycles. The lowest BCUT2D eigenvalue weighted by Crippen LogP contribution is -2.69. The Labute approximate surface area is 745 Å². The van der Waals surface area contributed by atoms with E-state index in [1.54, 1.807) is 36.4 Å². The molecule has 3 rings (SSSR count). The molecule has 1 fully saturated rings. The van der Waals surface area contributed by atoms with Crippen LogP contribution in [0.25, 0.3) is 0 Å². The monoisotopic (exact) mass is 1780 g/mol. The highest BCUT2D eigenvalue weighted by Gasteiger charge is 2.61. The smallest absolute Gasteiger partial charge is 0.338 e. The molecule has 2 aromatic carbocycles. The van der Waals surface area contributed by atoms with E-state index in [1.165, 1.54) is 24.3 Å². The molecule has 6 atom stereocenters. The number of ether oxygens (including phenoxy) is 6. The van der Waals surface area contributed by atoms with E-state index in [-0.39, 0.29) is 96.9 Å². The summed E-state index contributed by atoms with van der Waals surface area (Å²) in [6.07, 6.45) is 7.36. The van der Waals surface area contributed by atoms with Gasteiger partial charge < -0.3 is 140 Å². The van der Waals surface area contributed by atoms with E-state index in [4.69, 9.17) is 120 Å². The van der Waals surface area contributed by atoms with Crippen LogP contribution in [-0.2, 0) is 47.6 Å². The van der Waals surface area contributed by atoms with Crippen LogP contribution in [0.3, 0.4) is 0 Å². The fourth-order valence-corrected chi connectivity index (χ4v) is 14.2. The Balaban J connectivity index is 0.0000529. The zero-order chi connectivity index (χ0) is 90.8. The highest BCUT2D eigenvalue weighted by molar-refractivity contribution is 5.91. The van der Waals surface area contributed by atoms with E-state index in [2.05, 4.69) is 59.5 Å². The van der Waals surface area contributed by atoms with Gasteiger partial charge in [0.2, 0.25) is 0 Å². The molecule has 40 nitrogen and oxygen atoms in total. The third-order valence-corrected chi connectivity index (χ3v) is 20.4. The lowest BCUT2D eigenvalue weighted by Gasteiger charge is -2.47. The minimum absolute atomic E-state index is 0. The Hall–Kier alpha value is -10.4. The lowest BCUT2D eigenvalue weighted by molar-refractivity contribution is -0.252. The molecular formula is C84H153ClN28O12. The topological polar surface area (TPSA) is 686 Å². The molecule has 2 aromatic rings. The fraction of sp³-hybridized carbons (Fsp3) is 0.690. The Bertz CT molecular complexity index is 3200. The first-order valence-electron chi connectivity index (χ1n) is 44.3. The second-order valence-corrected chi connectivity index (χ2v) is 31.0. The predicted molar refractivity (Wildman–Crippen MR) is 497 cm³/mol. The molecule has 1 saturated carbocycles. The minimum Gasteiger partial charge on any atom is -0.454 e. The van der Waals surface area contributed by atoms with Crippen molar-refractivity contribution in [3.05, 3.63) is 71.8 Å². The van der Waals surface area contributed by atoms with E-state index < -0.39 is 72.4 Å². The molecule has 1 aliphatic rings. The van der Waals surface area contributed by atoms with E-state index in [9.17, 15) is 28.8 Å². The second-order valence-electron chi connectivity index (χ2n) is 31.0. The number of benzene rings is 2. The van der Waals surface area contributed by atoms with Gasteiger partial charge in [0.1, 0.15) is 0 Å². The van der Waals surface area contributed by atoms with Crippen molar-refractivity contribution in [1.82, 2.24) is 19.6 Å². The molecule has 0 unspecified atom stereocenters. The summed E-state index contributed by atoms with van der Waals surface area (Å²) in [5.41, 5.74) is 89.6. The normalized spacial score (nSPS) is 15.2. The lowest BCUT2D eigenvalue weighted by atomic mass is 9.83. The van der Waals surface area contributed by atoms with Gasteiger partial charge in [0.25, 0.3) is 0 Å². The Kier molecular flexibility index (Phi) is 61.8. The van der Waals surface area contributed by atoms with E-state index >= 15 is 0 Å². The first kappa shape index (κ1) is 111. The maximum Gasteiger partial charge on any atom is 0.338 e. The Morgan fingerprint density at radius 3 is 0.544 bits per heavy atom. The summed E-state index contributed by atoms with van der Waals surface area (Å²) in [7, 11) is 0. The number of carbonyl (C=O) groups is 6. The maximum absolute atomic E-state index is 14.9. The molecule has 41 heteroatoms. The van der Waals surface area contributed by atoms with Crippen molar-refractivity contribution in [3.63, 3.8) is 0 Å². The largest absolute Gasteiger partial charge is 0.454 e. The van der Waals surface area contributed by atoms with Gasteiger partial charge in [-0.25, -0.2) is 9.59 Å². The molecule has 0 amide bonds. The van der Waals surface area contributed by atoms with Gasteiger partial charge >= 0.3 is 35.8 Å². The number of halogens is 1. The van der Waals surface area contributed by atoms with Crippen LogP contribution >= 0.6 is 12.4 Å². The number of rotatable bonds is 72. The van der Waals surface area contributed by atoms with Crippen LogP contribution in [0, 0.1) is 0 Å². The van der Waals surface area contributed by atoms with Crippen LogP contribution in [0.5, 0.6) is 0 Å². The standard InChI is InChI=1S/C84H152N28O12.ClH/c85-77(86)101-43-27-55-109(56-28-44-102-78(87)88)51-23-9-1-5-19-39-65(113)119-69-70(120-66(114)40-20-6-2-10-24-52-110(57-29-45-103-79(89)90)58-30-46-104-80(91)92)72(122-68(116)42-22-8-4-12-26-54-112(61-33-49-107-83(97)98)62-34-50-108-84(99)100)74(124-76(118)64-37-17-14-18-38-64)73(123-75(117)63-35-15-13-16-36-63)71(69)121-67(115)41-21-7-3-11-25-53-111(59-31-47-105-81(93)94)60-32-48-106-82(95)96;/h13-18,35-38,69-74H,1-12,19-34,39-62H2,(H4,85,86,101)(H4,87,88,102)(H4,89,90,103)(H4,91,92,104)(H4,93,94,105)(H4,95,96,106)(H4,97,98,107)(H4,99,100,108);1H/t69-,70-,71+,72+,73-,74-;/m0./s1. The van der Waals surface area contributed by atoms with Gasteiger partial charge in [-0.3, -0.25) is 59.1 Å². The third kappa shape index (κ3) is 56.9. The Morgan fingerprint density at radius 1 is 0.216 bits per heavy atom. The molecule has 1 aliphatic carbocycles. The summed E-state index contributed by atoms with van der Waals surface area (Å²) in [6.45, 7) is 12.8. The summed E-state index contributed by atoms with van der Waals surface area (Å²) in [5.74, 6) is -4.90. The number of nitrogens with zero attached hydrogens (tertiary/aromatic N) is 12. The summed E-state index contributed by atoms with van der Waals surface area (Å²) in [5, 5.41) is 0. The molecule has 0 aliphatic heterocycles. The van der Waals surface area contributed by atoms with Crippen molar-refractivity contribution in [2.24, 2.45) is 132 Å². The zero-order valence-electron chi connectivity index (χ0n) is 73.9. The second kappa shape index (κ2) is 69.8. The molecule has 0 heterocycles. The minimum atomic E-state index is -1.89. The predicted octanol–water partition coefficient (Wildman–Crippen LogP) is 2.40. The van der Waals surface area contributed by atoms with Crippen LogP contribution in [0.4, 0.5) is 0 Å². The van der Waals surface area contributed by atoms with Crippen LogP contribution < -0.4 is 91.7 Å². The number of hydrogen-bond donors (Lipinski definition) is 16. The van der Waals surface area contributed by atoms with E-state index in [1.807, 2.05) is 0 Å². The van der Waals surface area contributed by atoms with Gasteiger partial charge in [0, 0.05) is 78.0 Å². The van der Waals surface area contributed by atoms with Crippen molar-refractivity contribution < 1.29 is 57.2 Å². The highest BCUT2D eigenvalue weighted by atomic mass is 35.5. The highest BCUT2D eigenvalue weighted by Crippen LogP contribution is 2.37. The van der Waals surface area contributed by atoms with Crippen LogP contribution in [0.1, 0.15) is 226 Å². The summed E-state index contributed by atoms with van der Waals surface area (Å²) in [6, 6.07) is 15.9. The third-order valence-electron chi connectivity index (χ3n) is 20.4. The number of aliphatic imine (C=N–C) groups is 8. The molecule has 32 N–H and O–H groups in total. The first-order valence-corrected chi connectivity index (χ1v) is 44.3. The van der Waals surface area contributed by atoms with Crippen molar-refractivity contribution in [1.29, 1.82) is 0 Å². The maximum atomic E-state index is 14.9. The summed E-state index contributed by atoms with van der Waals surface area (Å²) in [4.78, 5) is 132. The number of unbranched alkanes of at least 4 members (excludes halogenated alkanes) is 16. The molecule has 125 heavy (non-hydrogen) atoms. The van der Waals surface area contributed by atoms with Crippen molar-refractivity contribution in [3.8, 4) is 0 Å². The number of esters is 6. The molecule has 708 valence electrons. The molecular weight excluding hydrogens is 1630 g/mol.